The summed E-state index contributed by atoms with van der Waals surface area (Å²) in [7, 11) is 0. The maximum Gasteiger partial charge on any atom is 0.243 e. The van der Waals surface area contributed by atoms with E-state index in [1.165, 1.54) is 13.8 Å². The number of primary amides is 1. The molecule has 11 heteroatoms. The lowest BCUT2D eigenvalue weighted by molar-refractivity contribution is -0.133. The number of guanidine groups is 1. The van der Waals surface area contributed by atoms with E-state index in [0.29, 0.717) is 6.42 Å². The number of hydrogen-bond donors (Lipinski definition) is 6. The number of hydrogen-bond acceptors (Lipinski definition) is 5. The first-order valence-corrected chi connectivity index (χ1v) is 8.87. The van der Waals surface area contributed by atoms with E-state index in [1.807, 2.05) is 0 Å². The number of nitrogens with zero attached hydrogens (tertiary/aromatic N) is 1. The zero-order valence-corrected chi connectivity index (χ0v) is 15.7. The number of amides is 4. The van der Waals surface area contributed by atoms with Crippen LogP contribution >= 0.6 is 0 Å². The molecule has 11 nitrogen and oxygen atoms in total. The Balaban J connectivity index is 2.65. The molecule has 1 fully saturated rings. The molecule has 0 bridgehead atoms. The van der Waals surface area contributed by atoms with Crippen LogP contribution in [0.3, 0.4) is 0 Å². The molecule has 0 spiro atoms. The highest BCUT2D eigenvalue weighted by Crippen LogP contribution is 2.28. The van der Waals surface area contributed by atoms with Crippen LogP contribution in [-0.4, -0.2) is 54.3 Å². The molecule has 0 aromatic heterocycles. The number of nitrogens with one attached hydrogen (secondary N) is 3. The Bertz CT molecular complexity index is 600. The predicted molar refractivity (Wildman–Crippen MR) is 99.0 cm³/mol. The van der Waals surface area contributed by atoms with Gasteiger partial charge in [0.05, 0.1) is 0 Å². The van der Waals surface area contributed by atoms with Crippen LogP contribution in [0.25, 0.3) is 0 Å². The van der Waals surface area contributed by atoms with Gasteiger partial charge >= 0.3 is 0 Å². The molecule has 0 aliphatic heterocycles. The summed E-state index contributed by atoms with van der Waals surface area (Å²) >= 11 is 0. The molecule has 0 aromatic rings. The van der Waals surface area contributed by atoms with Gasteiger partial charge in [-0.2, -0.15) is 0 Å². The van der Waals surface area contributed by atoms with Crippen molar-refractivity contribution in [3.8, 4) is 0 Å². The molecule has 0 radical (unpaired) electrons. The Morgan fingerprint density at radius 2 is 1.59 bits per heavy atom. The lowest BCUT2D eigenvalue weighted by Crippen LogP contribution is -2.55. The quantitative estimate of drug-likeness (QED) is 0.129. The molecular weight excluding hydrogens is 354 g/mol. The minimum absolute atomic E-state index is 0.0321. The van der Waals surface area contributed by atoms with Crippen LogP contribution in [0.15, 0.2) is 4.99 Å². The van der Waals surface area contributed by atoms with E-state index in [0.717, 1.165) is 12.8 Å². The fourth-order valence-corrected chi connectivity index (χ4v) is 2.20. The maximum atomic E-state index is 12.4. The number of nitrogens with two attached hydrogens (primary N) is 3. The monoisotopic (exact) mass is 383 g/mol. The van der Waals surface area contributed by atoms with Gasteiger partial charge in [0.15, 0.2) is 5.96 Å². The number of carbonyl (C=O) groups is 4. The molecule has 1 saturated carbocycles. The number of rotatable bonds is 11. The highest BCUT2D eigenvalue weighted by molar-refractivity contribution is 5.94. The summed E-state index contributed by atoms with van der Waals surface area (Å²) in [5.41, 5.74) is 15.6. The molecule has 0 heterocycles. The van der Waals surface area contributed by atoms with Gasteiger partial charge in [-0.1, -0.05) is 0 Å². The molecule has 1 aliphatic rings. The van der Waals surface area contributed by atoms with Crippen molar-refractivity contribution in [3.63, 3.8) is 0 Å². The van der Waals surface area contributed by atoms with Gasteiger partial charge in [0.2, 0.25) is 23.6 Å². The van der Waals surface area contributed by atoms with Gasteiger partial charge in [0, 0.05) is 12.5 Å². The van der Waals surface area contributed by atoms with E-state index in [2.05, 4.69) is 20.9 Å². The second kappa shape index (κ2) is 10.3. The van der Waals surface area contributed by atoms with E-state index in [9.17, 15) is 19.2 Å². The summed E-state index contributed by atoms with van der Waals surface area (Å²) in [6, 6.07) is -2.60. The molecule has 27 heavy (non-hydrogen) atoms. The molecule has 0 saturated heterocycles. The molecule has 0 aromatic carbocycles. The van der Waals surface area contributed by atoms with Crippen LogP contribution in [0.4, 0.5) is 0 Å². The Morgan fingerprint density at radius 1 is 0.963 bits per heavy atom. The normalized spacial score (nSPS) is 16.4. The third kappa shape index (κ3) is 8.38. The van der Waals surface area contributed by atoms with Crippen molar-refractivity contribution < 1.29 is 19.2 Å². The first-order valence-electron chi connectivity index (χ1n) is 8.87. The van der Waals surface area contributed by atoms with Crippen LogP contribution in [0.5, 0.6) is 0 Å². The van der Waals surface area contributed by atoms with Crippen molar-refractivity contribution in [1.82, 2.24) is 16.0 Å². The van der Waals surface area contributed by atoms with Gasteiger partial charge in [-0.3, -0.25) is 24.2 Å². The van der Waals surface area contributed by atoms with Crippen LogP contribution in [0, 0.1) is 5.92 Å². The van der Waals surface area contributed by atoms with E-state index in [1.54, 1.807) is 0 Å². The molecule has 3 atom stereocenters. The molecule has 9 N–H and O–H groups in total. The zero-order chi connectivity index (χ0) is 20.6. The molecular formula is C16H29N7O4. The average Bonchev–Trinajstić information content (AvgIpc) is 3.41. The van der Waals surface area contributed by atoms with Gasteiger partial charge in [-0.05, 0) is 39.5 Å². The Hall–Kier alpha value is -2.85. The minimum atomic E-state index is -0.922. The van der Waals surface area contributed by atoms with Gasteiger partial charge in [0.1, 0.15) is 18.1 Å². The molecule has 1 aliphatic carbocycles. The van der Waals surface area contributed by atoms with Crippen molar-refractivity contribution in [2.75, 3.05) is 6.54 Å². The van der Waals surface area contributed by atoms with E-state index < -0.39 is 35.8 Å². The fourth-order valence-electron chi connectivity index (χ4n) is 2.20. The topological polar surface area (TPSA) is 195 Å². The van der Waals surface area contributed by atoms with E-state index in [-0.39, 0.29) is 30.8 Å². The van der Waals surface area contributed by atoms with Gasteiger partial charge in [0.25, 0.3) is 0 Å². The molecule has 4 amide bonds. The fraction of sp³-hybridized carbons (Fsp3) is 0.688. The Labute approximate surface area is 157 Å². The average molecular weight is 383 g/mol. The van der Waals surface area contributed by atoms with E-state index >= 15 is 0 Å². The van der Waals surface area contributed by atoms with Crippen LogP contribution in [0.2, 0.25) is 0 Å². The highest BCUT2D eigenvalue weighted by atomic mass is 16.2. The van der Waals surface area contributed by atoms with Crippen molar-refractivity contribution in [2.45, 2.75) is 57.7 Å². The lowest BCUT2D eigenvalue weighted by atomic mass is 10.1. The smallest absolute Gasteiger partial charge is 0.243 e. The summed E-state index contributed by atoms with van der Waals surface area (Å²) in [4.78, 5) is 51.4. The lowest BCUT2D eigenvalue weighted by Gasteiger charge is -2.22. The zero-order valence-electron chi connectivity index (χ0n) is 15.7. The van der Waals surface area contributed by atoms with Crippen LogP contribution in [0.1, 0.15) is 39.5 Å². The highest BCUT2D eigenvalue weighted by Gasteiger charge is 2.32. The summed E-state index contributed by atoms with van der Waals surface area (Å²) in [6.07, 6.45) is 2.30. The van der Waals surface area contributed by atoms with Crippen molar-refractivity contribution in [1.29, 1.82) is 0 Å². The molecule has 152 valence electrons. The third-order valence-corrected chi connectivity index (χ3v) is 4.06. The largest absolute Gasteiger partial charge is 0.370 e. The summed E-state index contributed by atoms with van der Waals surface area (Å²) < 4.78 is 0. The van der Waals surface area contributed by atoms with Gasteiger partial charge in [-0.25, -0.2) is 0 Å². The maximum absolute atomic E-state index is 12.4. The standard InChI is InChI=1S/C16H29N7O4/c1-8(12(17)24)21-15(27)11(4-3-7-20-16(18)19)23-13(25)9(2)22-14(26)10-5-6-10/h8-11H,3-7H2,1-2H3,(H2,17,24)(H,21,27)(H,22,26)(H,23,25)(H4,18,19,20)/t8-,9-,11-/m0/s1. The Morgan fingerprint density at radius 3 is 2.11 bits per heavy atom. The number of aliphatic imine (C=N–C) groups is 1. The van der Waals surface area contributed by atoms with Crippen molar-refractivity contribution in [2.24, 2.45) is 28.1 Å². The number of carbonyl (C=O) groups excluding carboxylic acids is 4. The second-order valence-electron chi connectivity index (χ2n) is 6.65. The summed E-state index contributed by atoms with van der Waals surface area (Å²) in [5.74, 6) is -2.03. The van der Waals surface area contributed by atoms with Crippen molar-refractivity contribution >= 4 is 29.6 Å². The van der Waals surface area contributed by atoms with Crippen molar-refractivity contribution in [3.05, 3.63) is 0 Å². The van der Waals surface area contributed by atoms with Crippen LogP contribution < -0.4 is 33.2 Å². The molecule has 1 rings (SSSR count). The van der Waals surface area contributed by atoms with Gasteiger partial charge in [-0.15, -0.1) is 0 Å². The minimum Gasteiger partial charge on any atom is -0.370 e. The first-order chi connectivity index (χ1) is 12.6. The Kier molecular flexibility index (Phi) is 8.49. The third-order valence-electron chi connectivity index (χ3n) is 4.06. The summed E-state index contributed by atoms with van der Waals surface area (Å²) in [6.45, 7) is 3.26. The summed E-state index contributed by atoms with van der Waals surface area (Å²) in [5, 5.41) is 7.64. The predicted octanol–water partition coefficient (Wildman–Crippen LogP) is -2.57. The van der Waals surface area contributed by atoms with Crippen LogP contribution in [-0.2, 0) is 19.2 Å². The SMILES string of the molecule is C[C@H](NC(=O)[C@H](CCCN=C(N)N)NC(=O)[C@H](C)NC(=O)C1CC1)C(N)=O. The van der Waals surface area contributed by atoms with Gasteiger partial charge < -0.3 is 33.2 Å². The van der Waals surface area contributed by atoms with E-state index in [4.69, 9.17) is 17.2 Å². The molecule has 0 unspecified atom stereocenters. The first kappa shape index (κ1) is 22.2. The second-order valence-corrected chi connectivity index (χ2v) is 6.65.